The largest absolute Gasteiger partial charge is 0.313 e. The lowest BCUT2D eigenvalue weighted by Gasteiger charge is -2.34. The summed E-state index contributed by atoms with van der Waals surface area (Å²) in [5.74, 6) is 1.56. The molecule has 0 aromatic rings. The minimum atomic E-state index is -0.630. The highest BCUT2D eigenvalue weighted by Crippen LogP contribution is 2.27. The summed E-state index contributed by atoms with van der Waals surface area (Å²) >= 11 is 0. The summed E-state index contributed by atoms with van der Waals surface area (Å²) in [4.78, 5) is 0. The van der Waals surface area contributed by atoms with Crippen molar-refractivity contribution in [1.29, 1.82) is 0 Å². The average Bonchev–Trinajstić information content (AvgIpc) is 2.26. The molecular weight excluding hydrogens is 206 g/mol. The minimum Gasteiger partial charge on any atom is -0.313 e. The molecule has 1 N–H and O–H groups in total. The Morgan fingerprint density at radius 3 is 2.67 bits per heavy atom. The van der Waals surface area contributed by atoms with Crippen molar-refractivity contribution in [2.45, 2.75) is 57.7 Å². The highest BCUT2D eigenvalue weighted by molar-refractivity contribution is 7.85. The molecule has 0 heterocycles. The van der Waals surface area contributed by atoms with Gasteiger partial charge in [0.05, 0.1) is 5.25 Å². The molecule has 15 heavy (non-hydrogen) atoms. The zero-order valence-corrected chi connectivity index (χ0v) is 11.1. The average molecular weight is 231 g/mol. The third-order valence-corrected chi connectivity index (χ3v) is 5.10. The van der Waals surface area contributed by atoms with E-state index in [4.69, 9.17) is 0 Å². The lowest BCUT2D eigenvalue weighted by molar-refractivity contribution is 0.313. The van der Waals surface area contributed by atoms with Gasteiger partial charge in [-0.2, -0.15) is 0 Å². The molecule has 3 heteroatoms. The molecule has 0 saturated heterocycles. The fourth-order valence-corrected chi connectivity index (χ4v) is 3.97. The van der Waals surface area contributed by atoms with Crippen molar-refractivity contribution < 1.29 is 4.21 Å². The van der Waals surface area contributed by atoms with Crippen molar-refractivity contribution in [3.63, 3.8) is 0 Å². The van der Waals surface area contributed by atoms with Gasteiger partial charge >= 0.3 is 0 Å². The Hall–Kier alpha value is 0.110. The van der Waals surface area contributed by atoms with Crippen LogP contribution in [0.2, 0.25) is 0 Å². The molecule has 4 atom stereocenters. The fraction of sp³-hybridized carbons (Fsp3) is 1.00. The van der Waals surface area contributed by atoms with Gasteiger partial charge in [0.15, 0.2) is 0 Å². The van der Waals surface area contributed by atoms with E-state index in [1.165, 1.54) is 12.8 Å². The molecule has 0 bridgehead atoms. The van der Waals surface area contributed by atoms with E-state index in [-0.39, 0.29) is 0 Å². The van der Waals surface area contributed by atoms with Crippen LogP contribution in [0.15, 0.2) is 0 Å². The van der Waals surface area contributed by atoms with Crippen LogP contribution in [0, 0.1) is 5.92 Å². The second kappa shape index (κ2) is 6.64. The molecule has 2 nitrogen and oxygen atoms in total. The molecule has 1 aliphatic rings. The van der Waals surface area contributed by atoms with Crippen molar-refractivity contribution in [2.75, 3.05) is 12.3 Å². The Balaban J connectivity index is 2.53. The van der Waals surface area contributed by atoms with E-state index in [0.717, 1.165) is 31.1 Å². The molecule has 0 radical (unpaired) electrons. The van der Waals surface area contributed by atoms with Gasteiger partial charge in [-0.1, -0.05) is 20.8 Å². The summed E-state index contributed by atoms with van der Waals surface area (Å²) in [6.45, 7) is 7.57. The van der Waals surface area contributed by atoms with Crippen LogP contribution in [0.25, 0.3) is 0 Å². The van der Waals surface area contributed by atoms with E-state index in [1.54, 1.807) is 0 Å². The van der Waals surface area contributed by atoms with Crippen LogP contribution in [0.5, 0.6) is 0 Å². The van der Waals surface area contributed by atoms with E-state index < -0.39 is 10.8 Å². The van der Waals surface area contributed by atoms with Crippen molar-refractivity contribution in [3.05, 3.63) is 0 Å². The van der Waals surface area contributed by atoms with Crippen molar-refractivity contribution in [2.24, 2.45) is 5.92 Å². The van der Waals surface area contributed by atoms with Crippen LogP contribution in [-0.4, -0.2) is 27.8 Å². The molecule has 0 aromatic heterocycles. The van der Waals surface area contributed by atoms with Gasteiger partial charge in [0.25, 0.3) is 0 Å². The molecule has 0 amide bonds. The van der Waals surface area contributed by atoms with E-state index >= 15 is 0 Å². The Morgan fingerprint density at radius 1 is 1.33 bits per heavy atom. The lowest BCUT2D eigenvalue weighted by Crippen LogP contribution is -2.46. The van der Waals surface area contributed by atoms with Gasteiger partial charge in [0, 0.05) is 22.6 Å². The van der Waals surface area contributed by atoms with Crippen LogP contribution in [0.4, 0.5) is 0 Å². The topological polar surface area (TPSA) is 29.1 Å². The summed E-state index contributed by atoms with van der Waals surface area (Å²) in [5, 5.41) is 3.96. The first-order valence-electron chi connectivity index (χ1n) is 6.29. The fourth-order valence-electron chi connectivity index (χ4n) is 2.40. The van der Waals surface area contributed by atoms with Crippen LogP contribution >= 0.6 is 0 Å². The molecule has 1 aliphatic carbocycles. The van der Waals surface area contributed by atoms with Crippen LogP contribution in [0.3, 0.4) is 0 Å². The Morgan fingerprint density at radius 2 is 2.07 bits per heavy atom. The normalized spacial score (nSPS) is 33.9. The molecule has 0 aliphatic heterocycles. The predicted octanol–water partition coefficient (Wildman–Crippen LogP) is 2.31. The highest BCUT2D eigenvalue weighted by Gasteiger charge is 2.31. The molecule has 4 unspecified atom stereocenters. The zero-order chi connectivity index (χ0) is 11.3. The maximum absolute atomic E-state index is 12.0. The first-order chi connectivity index (χ1) is 7.19. The third-order valence-electron chi connectivity index (χ3n) is 3.33. The molecule has 0 aromatic carbocycles. The van der Waals surface area contributed by atoms with Gasteiger partial charge in [-0.25, -0.2) is 0 Å². The monoisotopic (exact) mass is 231 g/mol. The van der Waals surface area contributed by atoms with Crippen molar-refractivity contribution in [3.8, 4) is 0 Å². The third kappa shape index (κ3) is 3.87. The van der Waals surface area contributed by atoms with Crippen molar-refractivity contribution in [1.82, 2.24) is 5.32 Å². The first kappa shape index (κ1) is 13.2. The van der Waals surface area contributed by atoms with Gasteiger partial charge in [0.2, 0.25) is 0 Å². The summed E-state index contributed by atoms with van der Waals surface area (Å²) in [6.07, 6.45) is 4.80. The van der Waals surface area contributed by atoms with E-state index in [2.05, 4.69) is 19.2 Å². The number of nitrogens with one attached hydrogen (secondary N) is 1. The second-order valence-electron chi connectivity index (χ2n) is 4.69. The quantitative estimate of drug-likeness (QED) is 0.787. The number of rotatable bonds is 5. The predicted molar refractivity (Wildman–Crippen MR) is 67.6 cm³/mol. The van der Waals surface area contributed by atoms with Crippen LogP contribution < -0.4 is 5.32 Å². The van der Waals surface area contributed by atoms with Gasteiger partial charge in [-0.3, -0.25) is 4.21 Å². The summed E-state index contributed by atoms with van der Waals surface area (Å²) in [7, 11) is -0.630. The lowest BCUT2D eigenvalue weighted by atomic mass is 9.87. The van der Waals surface area contributed by atoms with E-state index in [0.29, 0.717) is 11.3 Å². The smallest absolute Gasteiger partial charge is 0.0503 e. The van der Waals surface area contributed by atoms with Gasteiger partial charge < -0.3 is 5.32 Å². The van der Waals surface area contributed by atoms with E-state index in [1.807, 2.05) is 6.92 Å². The van der Waals surface area contributed by atoms with Crippen LogP contribution in [-0.2, 0) is 10.8 Å². The summed E-state index contributed by atoms with van der Waals surface area (Å²) < 4.78 is 12.0. The zero-order valence-electron chi connectivity index (χ0n) is 10.3. The summed E-state index contributed by atoms with van der Waals surface area (Å²) in [6, 6.07) is 0.502. The minimum absolute atomic E-state index is 0.394. The number of hydrogen-bond donors (Lipinski definition) is 1. The highest BCUT2D eigenvalue weighted by atomic mass is 32.2. The van der Waals surface area contributed by atoms with Gasteiger partial charge in [0.1, 0.15) is 0 Å². The van der Waals surface area contributed by atoms with Gasteiger partial charge in [-0.05, 0) is 38.1 Å². The second-order valence-corrected chi connectivity index (χ2v) is 6.63. The maximum atomic E-state index is 12.0. The number of hydrogen-bond acceptors (Lipinski definition) is 2. The summed E-state index contributed by atoms with van der Waals surface area (Å²) in [5.41, 5.74) is 0. The van der Waals surface area contributed by atoms with Crippen molar-refractivity contribution >= 4 is 10.8 Å². The standard InChI is InChI=1S/C12H25NOS/c1-4-8-13-11-7-6-10(3)9-12(11)15(14)5-2/h10-13H,4-9H2,1-3H3. The van der Waals surface area contributed by atoms with Gasteiger partial charge in [-0.15, -0.1) is 0 Å². The Bertz CT molecular complexity index is 206. The SMILES string of the molecule is CCCNC1CCC(C)CC1S(=O)CC. The van der Waals surface area contributed by atoms with E-state index in [9.17, 15) is 4.21 Å². The molecule has 0 spiro atoms. The van der Waals surface area contributed by atoms with Crippen LogP contribution in [0.1, 0.15) is 46.5 Å². The first-order valence-corrected chi connectivity index (χ1v) is 7.67. The maximum Gasteiger partial charge on any atom is 0.0503 e. The molecule has 1 fully saturated rings. The molecule has 1 saturated carbocycles. The molecular formula is C12H25NOS. The Labute approximate surface area is 96.7 Å². The Kier molecular flexibility index (Phi) is 5.83. The molecule has 1 rings (SSSR count). The molecule has 90 valence electrons.